The Hall–Kier alpha value is -3.81. The van der Waals surface area contributed by atoms with Gasteiger partial charge in [0, 0.05) is 29.8 Å². The predicted molar refractivity (Wildman–Crippen MR) is 104 cm³/mol. The average molecular weight is 394 g/mol. The lowest BCUT2D eigenvalue weighted by Gasteiger charge is -2.11. The molecule has 0 spiro atoms. The molecule has 2 aromatic heterocycles. The van der Waals surface area contributed by atoms with E-state index in [1.165, 1.54) is 0 Å². The fourth-order valence-electron chi connectivity index (χ4n) is 2.90. The van der Waals surface area contributed by atoms with Crippen molar-refractivity contribution in [3.8, 4) is 17.0 Å². The Labute approximate surface area is 164 Å². The van der Waals surface area contributed by atoms with Crippen LogP contribution in [0.5, 0.6) is 5.75 Å². The number of carbonyl (C=O) groups is 1. The second kappa shape index (κ2) is 7.67. The first-order chi connectivity index (χ1) is 14.1. The number of hydrogen-bond acceptors (Lipinski definition) is 4. The standard InChI is InChI=1S/C21H16F2N4O2/c1-2-29-17-9-8-15(22)18(19(17)23)20(28)25-14-6-4-13(5-7-14)16-12-27-11-3-10-24-21(27)26-16/h3-12H,2H2,1H3,(H,25,28). The minimum atomic E-state index is -1.03. The second-order valence-electron chi connectivity index (χ2n) is 6.15. The van der Waals surface area contributed by atoms with Crippen LogP contribution in [0, 0.1) is 11.6 Å². The van der Waals surface area contributed by atoms with Gasteiger partial charge in [0.1, 0.15) is 11.4 Å². The Morgan fingerprint density at radius 3 is 2.69 bits per heavy atom. The van der Waals surface area contributed by atoms with Crippen molar-refractivity contribution in [1.82, 2.24) is 14.4 Å². The van der Waals surface area contributed by atoms with Crippen molar-refractivity contribution in [2.45, 2.75) is 6.92 Å². The van der Waals surface area contributed by atoms with Gasteiger partial charge in [-0.05, 0) is 37.3 Å². The molecule has 146 valence electrons. The molecule has 0 bridgehead atoms. The number of benzene rings is 2. The summed E-state index contributed by atoms with van der Waals surface area (Å²) in [6, 6.07) is 10.7. The van der Waals surface area contributed by atoms with E-state index in [2.05, 4.69) is 15.3 Å². The number of rotatable bonds is 5. The monoisotopic (exact) mass is 394 g/mol. The van der Waals surface area contributed by atoms with E-state index >= 15 is 0 Å². The zero-order valence-corrected chi connectivity index (χ0v) is 15.4. The lowest BCUT2D eigenvalue weighted by atomic mass is 10.1. The summed E-state index contributed by atoms with van der Waals surface area (Å²) < 4.78 is 35.3. The highest BCUT2D eigenvalue weighted by Gasteiger charge is 2.21. The molecule has 29 heavy (non-hydrogen) atoms. The minimum absolute atomic E-state index is 0.171. The van der Waals surface area contributed by atoms with Gasteiger partial charge in [0.25, 0.3) is 5.91 Å². The Morgan fingerprint density at radius 1 is 1.17 bits per heavy atom. The van der Waals surface area contributed by atoms with Gasteiger partial charge in [-0.1, -0.05) is 12.1 Å². The second-order valence-corrected chi connectivity index (χ2v) is 6.15. The third-order valence-electron chi connectivity index (χ3n) is 4.26. The molecule has 1 N–H and O–H groups in total. The van der Waals surface area contributed by atoms with Gasteiger partial charge in [-0.2, -0.15) is 0 Å². The number of amides is 1. The van der Waals surface area contributed by atoms with Gasteiger partial charge >= 0.3 is 0 Å². The number of nitrogens with one attached hydrogen (secondary N) is 1. The average Bonchev–Trinajstić information content (AvgIpc) is 3.15. The van der Waals surface area contributed by atoms with Crippen LogP contribution in [0.2, 0.25) is 0 Å². The molecule has 8 heteroatoms. The van der Waals surface area contributed by atoms with Crippen LogP contribution < -0.4 is 10.1 Å². The smallest absolute Gasteiger partial charge is 0.261 e. The fourth-order valence-corrected chi connectivity index (χ4v) is 2.90. The van der Waals surface area contributed by atoms with Crippen molar-refractivity contribution in [3.05, 3.63) is 78.3 Å². The van der Waals surface area contributed by atoms with Gasteiger partial charge in [-0.3, -0.25) is 9.20 Å². The zero-order chi connectivity index (χ0) is 20.4. The number of imidazole rings is 1. The van der Waals surface area contributed by atoms with E-state index in [-0.39, 0.29) is 12.4 Å². The van der Waals surface area contributed by atoms with Gasteiger partial charge in [0.15, 0.2) is 11.6 Å². The van der Waals surface area contributed by atoms with E-state index in [9.17, 15) is 13.6 Å². The van der Waals surface area contributed by atoms with Crippen molar-refractivity contribution in [3.63, 3.8) is 0 Å². The third kappa shape index (κ3) is 3.64. The van der Waals surface area contributed by atoms with Crippen molar-refractivity contribution >= 4 is 17.4 Å². The predicted octanol–water partition coefficient (Wildman–Crippen LogP) is 4.33. The maximum absolute atomic E-state index is 14.4. The quantitative estimate of drug-likeness (QED) is 0.547. The number of aromatic nitrogens is 3. The summed E-state index contributed by atoms with van der Waals surface area (Å²) in [5.41, 5.74) is 1.22. The lowest BCUT2D eigenvalue weighted by molar-refractivity contribution is 0.101. The highest BCUT2D eigenvalue weighted by molar-refractivity contribution is 6.05. The van der Waals surface area contributed by atoms with E-state index in [0.29, 0.717) is 17.2 Å². The van der Waals surface area contributed by atoms with E-state index < -0.39 is 23.1 Å². The van der Waals surface area contributed by atoms with Crippen LogP contribution in [0.3, 0.4) is 0 Å². The van der Waals surface area contributed by atoms with Gasteiger partial charge in [-0.15, -0.1) is 0 Å². The van der Waals surface area contributed by atoms with Crippen molar-refractivity contribution in [2.24, 2.45) is 0 Å². The summed E-state index contributed by atoms with van der Waals surface area (Å²) in [4.78, 5) is 21.0. The molecule has 1 amide bonds. The third-order valence-corrected chi connectivity index (χ3v) is 4.26. The molecule has 0 fully saturated rings. The SMILES string of the molecule is CCOc1ccc(F)c(C(=O)Nc2ccc(-c3cn4cccnc4n3)cc2)c1F. The number of hydrogen-bond donors (Lipinski definition) is 1. The number of halogens is 2. The molecule has 2 aromatic carbocycles. The molecular formula is C21H16F2N4O2. The van der Waals surface area contributed by atoms with E-state index in [1.807, 2.05) is 12.4 Å². The Bertz CT molecular complexity index is 1160. The van der Waals surface area contributed by atoms with E-state index in [0.717, 1.165) is 17.7 Å². The molecule has 0 atom stereocenters. The summed E-state index contributed by atoms with van der Waals surface area (Å²) in [5, 5.41) is 2.50. The first-order valence-corrected chi connectivity index (χ1v) is 8.89. The van der Waals surface area contributed by atoms with Crippen LogP contribution in [0.15, 0.2) is 61.1 Å². The Kier molecular flexibility index (Phi) is 4.90. The molecule has 0 saturated heterocycles. The largest absolute Gasteiger partial charge is 0.491 e. The maximum atomic E-state index is 14.4. The molecule has 0 unspecified atom stereocenters. The van der Waals surface area contributed by atoms with Crippen LogP contribution >= 0.6 is 0 Å². The summed E-state index contributed by atoms with van der Waals surface area (Å²) >= 11 is 0. The minimum Gasteiger partial charge on any atom is -0.491 e. The molecule has 0 aliphatic heterocycles. The number of nitrogens with zero attached hydrogens (tertiary/aromatic N) is 3. The Balaban J connectivity index is 1.56. The molecule has 6 nitrogen and oxygen atoms in total. The number of carbonyl (C=O) groups excluding carboxylic acids is 1. The van der Waals surface area contributed by atoms with E-state index in [1.54, 1.807) is 47.9 Å². The highest BCUT2D eigenvalue weighted by atomic mass is 19.1. The number of fused-ring (bicyclic) bond motifs is 1. The molecule has 4 rings (SSSR count). The van der Waals surface area contributed by atoms with Crippen LogP contribution in [-0.4, -0.2) is 26.9 Å². The number of anilines is 1. The van der Waals surface area contributed by atoms with Crippen molar-refractivity contribution < 1.29 is 18.3 Å². The molecule has 0 radical (unpaired) electrons. The van der Waals surface area contributed by atoms with Gasteiger partial charge in [0.05, 0.1) is 12.3 Å². The first-order valence-electron chi connectivity index (χ1n) is 8.89. The molecule has 0 aliphatic rings. The normalized spacial score (nSPS) is 10.9. The van der Waals surface area contributed by atoms with Crippen LogP contribution in [0.25, 0.3) is 17.0 Å². The maximum Gasteiger partial charge on any atom is 0.261 e. The van der Waals surface area contributed by atoms with Crippen LogP contribution in [-0.2, 0) is 0 Å². The zero-order valence-electron chi connectivity index (χ0n) is 15.4. The molecule has 0 aliphatic carbocycles. The van der Waals surface area contributed by atoms with Crippen molar-refractivity contribution in [2.75, 3.05) is 11.9 Å². The highest BCUT2D eigenvalue weighted by Crippen LogP contribution is 2.25. The molecular weight excluding hydrogens is 378 g/mol. The summed E-state index contributed by atoms with van der Waals surface area (Å²) in [6.07, 6.45) is 5.33. The summed E-state index contributed by atoms with van der Waals surface area (Å²) in [5.74, 6) is -2.49. The lowest BCUT2D eigenvalue weighted by Crippen LogP contribution is -2.16. The topological polar surface area (TPSA) is 68.5 Å². The molecule has 4 aromatic rings. The van der Waals surface area contributed by atoms with E-state index in [4.69, 9.17) is 4.74 Å². The fraction of sp³-hybridized carbons (Fsp3) is 0.0952. The van der Waals surface area contributed by atoms with Crippen molar-refractivity contribution in [1.29, 1.82) is 0 Å². The number of ether oxygens (including phenoxy) is 1. The summed E-state index contributed by atoms with van der Waals surface area (Å²) in [6.45, 7) is 1.87. The summed E-state index contributed by atoms with van der Waals surface area (Å²) in [7, 11) is 0. The van der Waals surface area contributed by atoms with Gasteiger partial charge < -0.3 is 10.1 Å². The first kappa shape index (κ1) is 18.5. The molecule has 2 heterocycles. The molecule has 0 saturated carbocycles. The Morgan fingerprint density at radius 2 is 1.97 bits per heavy atom. The van der Waals surface area contributed by atoms with Crippen LogP contribution in [0.1, 0.15) is 17.3 Å². The van der Waals surface area contributed by atoms with Gasteiger partial charge in [0.2, 0.25) is 5.78 Å². The van der Waals surface area contributed by atoms with Gasteiger partial charge in [-0.25, -0.2) is 18.7 Å². The van der Waals surface area contributed by atoms with Crippen LogP contribution in [0.4, 0.5) is 14.5 Å².